The topological polar surface area (TPSA) is 46.5 Å². The van der Waals surface area contributed by atoms with E-state index < -0.39 is 0 Å². The molecule has 1 N–H and O–H groups in total. The molecule has 0 aliphatic heterocycles. The Balaban J connectivity index is 2.04. The molecule has 4 nitrogen and oxygen atoms in total. The van der Waals surface area contributed by atoms with Crippen molar-refractivity contribution in [2.75, 3.05) is 12.0 Å². The molecule has 0 amide bonds. The molecule has 0 unspecified atom stereocenters. The van der Waals surface area contributed by atoms with Crippen molar-refractivity contribution >= 4 is 12.0 Å². The lowest BCUT2D eigenvalue weighted by Crippen LogP contribution is -1.98. The highest BCUT2D eigenvalue weighted by Gasteiger charge is 1.98. The van der Waals surface area contributed by atoms with Crippen LogP contribution in [0.25, 0.3) is 0 Å². The van der Waals surface area contributed by atoms with Crippen molar-refractivity contribution in [3.8, 4) is 5.75 Å². The number of para-hydroxylation sites is 1. The van der Waals surface area contributed by atoms with E-state index in [1.165, 1.54) is 0 Å². The van der Waals surface area contributed by atoms with Gasteiger partial charge in [-0.25, -0.2) is 4.98 Å². The second-order valence-corrected chi connectivity index (χ2v) is 3.72. The lowest BCUT2D eigenvalue weighted by molar-refractivity contribution is 0.363. The Morgan fingerprint density at radius 2 is 2.05 bits per heavy atom. The molecule has 2 aromatic rings. The maximum Gasteiger partial charge on any atom is 0.146 e. The number of benzene rings is 1. The Morgan fingerprint density at radius 1 is 1.21 bits per heavy atom. The third-order valence-corrected chi connectivity index (χ3v) is 2.32. The zero-order valence-corrected chi connectivity index (χ0v) is 10.5. The van der Waals surface area contributed by atoms with Gasteiger partial charge < -0.3 is 4.74 Å². The van der Waals surface area contributed by atoms with Gasteiger partial charge in [0, 0.05) is 11.8 Å². The molecule has 0 spiro atoms. The maximum absolute atomic E-state index is 5.54. The van der Waals surface area contributed by atoms with Gasteiger partial charge in [-0.15, -0.1) is 0 Å². The molecule has 0 fully saturated rings. The average molecular weight is 253 g/mol. The van der Waals surface area contributed by atoms with E-state index in [0.717, 1.165) is 11.3 Å². The minimum atomic E-state index is 0.471. The molecule has 0 atom stereocenters. The SMILES string of the molecule is C=CCOc1ccccc1/C=N/Nc1ccccn1. The quantitative estimate of drug-likeness (QED) is 0.489. The zero-order chi connectivity index (χ0) is 13.3. The van der Waals surface area contributed by atoms with Crippen molar-refractivity contribution in [1.82, 2.24) is 4.98 Å². The summed E-state index contributed by atoms with van der Waals surface area (Å²) in [6, 6.07) is 13.3. The lowest BCUT2D eigenvalue weighted by atomic mass is 10.2. The standard InChI is InChI=1S/C15H15N3O/c1-2-11-19-14-8-4-3-7-13(14)12-17-18-15-9-5-6-10-16-15/h2-10,12H,1,11H2,(H,16,18)/b17-12+. The average Bonchev–Trinajstić information content (AvgIpc) is 2.47. The number of aromatic nitrogens is 1. The first-order valence-corrected chi connectivity index (χ1v) is 5.93. The van der Waals surface area contributed by atoms with Crippen LogP contribution < -0.4 is 10.2 Å². The number of rotatable bonds is 6. The molecule has 0 saturated heterocycles. The summed E-state index contributed by atoms with van der Waals surface area (Å²) < 4.78 is 5.54. The number of anilines is 1. The number of hydrazone groups is 1. The van der Waals surface area contributed by atoms with Gasteiger partial charge in [-0.05, 0) is 24.3 Å². The van der Waals surface area contributed by atoms with Crippen LogP contribution in [-0.4, -0.2) is 17.8 Å². The van der Waals surface area contributed by atoms with Gasteiger partial charge in [0.05, 0.1) is 6.21 Å². The summed E-state index contributed by atoms with van der Waals surface area (Å²) in [7, 11) is 0. The molecule has 0 aliphatic carbocycles. The smallest absolute Gasteiger partial charge is 0.146 e. The van der Waals surface area contributed by atoms with Crippen molar-refractivity contribution in [2.45, 2.75) is 0 Å². The Labute approximate surface area is 112 Å². The number of ether oxygens (including phenoxy) is 1. The second-order valence-electron chi connectivity index (χ2n) is 3.72. The summed E-state index contributed by atoms with van der Waals surface area (Å²) in [6.45, 7) is 4.10. The van der Waals surface area contributed by atoms with Crippen LogP contribution in [-0.2, 0) is 0 Å². The fourth-order valence-corrected chi connectivity index (χ4v) is 1.46. The fraction of sp³-hybridized carbons (Fsp3) is 0.0667. The third kappa shape index (κ3) is 3.96. The van der Waals surface area contributed by atoms with E-state index in [9.17, 15) is 0 Å². The van der Waals surface area contributed by atoms with Gasteiger partial charge in [-0.1, -0.05) is 30.9 Å². The van der Waals surface area contributed by atoms with Crippen LogP contribution in [0.15, 0.2) is 66.4 Å². The lowest BCUT2D eigenvalue weighted by Gasteiger charge is -2.06. The number of nitrogens with zero attached hydrogens (tertiary/aromatic N) is 2. The van der Waals surface area contributed by atoms with E-state index >= 15 is 0 Å². The zero-order valence-electron chi connectivity index (χ0n) is 10.5. The molecule has 0 saturated carbocycles. The van der Waals surface area contributed by atoms with Crippen LogP contribution in [0.5, 0.6) is 5.75 Å². The van der Waals surface area contributed by atoms with Crippen molar-refractivity contribution in [3.63, 3.8) is 0 Å². The van der Waals surface area contributed by atoms with Gasteiger partial charge in [0.15, 0.2) is 0 Å². The van der Waals surface area contributed by atoms with Crippen LogP contribution in [0.2, 0.25) is 0 Å². The van der Waals surface area contributed by atoms with Crippen LogP contribution >= 0.6 is 0 Å². The molecule has 19 heavy (non-hydrogen) atoms. The van der Waals surface area contributed by atoms with Gasteiger partial charge in [0.2, 0.25) is 0 Å². The Kier molecular flexibility index (Phi) is 4.70. The van der Waals surface area contributed by atoms with Gasteiger partial charge in [0.1, 0.15) is 18.2 Å². The first kappa shape index (κ1) is 12.8. The Morgan fingerprint density at radius 3 is 2.84 bits per heavy atom. The normalized spacial score (nSPS) is 10.3. The molecule has 4 heteroatoms. The number of hydrogen-bond acceptors (Lipinski definition) is 4. The minimum Gasteiger partial charge on any atom is -0.489 e. The van der Waals surface area contributed by atoms with E-state index in [1.807, 2.05) is 42.5 Å². The van der Waals surface area contributed by atoms with Crippen molar-refractivity contribution in [1.29, 1.82) is 0 Å². The number of hydrogen-bond donors (Lipinski definition) is 1. The first-order chi connectivity index (χ1) is 9.40. The van der Waals surface area contributed by atoms with Gasteiger partial charge >= 0.3 is 0 Å². The predicted octanol–water partition coefficient (Wildman–Crippen LogP) is 3.09. The molecule has 1 aromatic heterocycles. The molecule has 1 aromatic carbocycles. The highest BCUT2D eigenvalue weighted by Crippen LogP contribution is 2.15. The summed E-state index contributed by atoms with van der Waals surface area (Å²) in [4.78, 5) is 4.11. The maximum atomic E-state index is 5.54. The van der Waals surface area contributed by atoms with E-state index in [4.69, 9.17) is 4.74 Å². The second kappa shape index (κ2) is 6.96. The molecular formula is C15H15N3O. The molecule has 0 radical (unpaired) electrons. The van der Waals surface area contributed by atoms with E-state index in [-0.39, 0.29) is 0 Å². The van der Waals surface area contributed by atoms with Gasteiger partial charge in [-0.2, -0.15) is 5.10 Å². The van der Waals surface area contributed by atoms with Gasteiger partial charge in [-0.3, -0.25) is 5.43 Å². The number of pyridine rings is 1. The van der Waals surface area contributed by atoms with Crippen molar-refractivity contribution < 1.29 is 4.74 Å². The molecule has 2 rings (SSSR count). The Hall–Kier alpha value is -2.62. The Bertz CT molecular complexity index is 552. The van der Waals surface area contributed by atoms with Crippen LogP contribution in [0.1, 0.15) is 5.56 Å². The summed E-state index contributed by atoms with van der Waals surface area (Å²) >= 11 is 0. The number of nitrogens with one attached hydrogen (secondary N) is 1. The van der Waals surface area contributed by atoms with Crippen LogP contribution in [0, 0.1) is 0 Å². The largest absolute Gasteiger partial charge is 0.489 e. The monoisotopic (exact) mass is 253 g/mol. The summed E-state index contributed by atoms with van der Waals surface area (Å²) in [6.07, 6.45) is 5.12. The molecule has 1 heterocycles. The summed E-state index contributed by atoms with van der Waals surface area (Å²) in [5.74, 6) is 1.47. The first-order valence-electron chi connectivity index (χ1n) is 5.93. The highest BCUT2D eigenvalue weighted by molar-refractivity contribution is 5.83. The molecular weight excluding hydrogens is 238 g/mol. The van der Waals surface area contributed by atoms with Gasteiger partial charge in [0.25, 0.3) is 0 Å². The van der Waals surface area contributed by atoms with Crippen LogP contribution in [0.3, 0.4) is 0 Å². The summed E-state index contributed by atoms with van der Waals surface area (Å²) in [5.41, 5.74) is 3.76. The fourth-order valence-electron chi connectivity index (χ4n) is 1.46. The molecule has 0 bridgehead atoms. The van der Waals surface area contributed by atoms with Crippen molar-refractivity contribution in [2.24, 2.45) is 5.10 Å². The predicted molar refractivity (Wildman–Crippen MR) is 77.6 cm³/mol. The third-order valence-electron chi connectivity index (χ3n) is 2.32. The minimum absolute atomic E-state index is 0.471. The van der Waals surface area contributed by atoms with E-state index in [1.54, 1.807) is 18.5 Å². The summed E-state index contributed by atoms with van der Waals surface area (Å²) in [5, 5.41) is 4.14. The van der Waals surface area contributed by atoms with E-state index in [0.29, 0.717) is 12.4 Å². The highest BCUT2D eigenvalue weighted by atomic mass is 16.5. The van der Waals surface area contributed by atoms with Crippen LogP contribution in [0.4, 0.5) is 5.82 Å². The molecule has 96 valence electrons. The van der Waals surface area contributed by atoms with Crippen molar-refractivity contribution in [3.05, 3.63) is 66.9 Å². The van der Waals surface area contributed by atoms with E-state index in [2.05, 4.69) is 22.1 Å². The molecule has 0 aliphatic rings.